The van der Waals surface area contributed by atoms with Crippen molar-refractivity contribution < 1.29 is 18.1 Å². The Hall–Kier alpha value is -3.20. The van der Waals surface area contributed by atoms with Crippen LogP contribution in [0.5, 0.6) is 0 Å². The number of hydrogen-bond donors (Lipinski definition) is 2. The van der Waals surface area contributed by atoms with Gasteiger partial charge in [-0.25, -0.2) is 9.82 Å². The highest BCUT2D eigenvalue weighted by Gasteiger charge is 2.38. The van der Waals surface area contributed by atoms with E-state index in [1.807, 2.05) is 6.08 Å². The zero-order chi connectivity index (χ0) is 19.8. The van der Waals surface area contributed by atoms with Crippen LogP contribution in [-0.4, -0.2) is 40.2 Å². The SMILES string of the molecule is CC1=C(F)C(=O)NC(C2C=C(c3ccon3)N(Cc3ccccc3F)N2)N1C. The van der Waals surface area contributed by atoms with Gasteiger partial charge in [0.1, 0.15) is 23.9 Å². The Labute approximate surface area is 160 Å². The van der Waals surface area contributed by atoms with Crippen molar-refractivity contribution in [1.29, 1.82) is 0 Å². The molecule has 0 saturated heterocycles. The highest BCUT2D eigenvalue weighted by molar-refractivity contribution is 5.93. The zero-order valence-corrected chi connectivity index (χ0v) is 15.3. The molecular weight excluding hydrogens is 368 g/mol. The summed E-state index contributed by atoms with van der Waals surface area (Å²) in [5.74, 6) is -1.89. The van der Waals surface area contributed by atoms with Gasteiger partial charge in [0, 0.05) is 18.7 Å². The fraction of sp³-hybridized carbons (Fsp3) is 0.263. The third kappa shape index (κ3) is 3.13. The lowest BCUT2D eigenvalue weighted by Crippen LogP contribution is -2.59. The Morgan fingerprint density at radius 1 is 1.25 bits per heavy atom. The van der Waals surface area contributed by atoms with E-state index in [1.54, 1.807) is 48.1 Å². The predicted octanol–water partition coefficient (Wildman–Crippen LogP) is 2.13. The minimum absolute atomic E-state index is 0.232. The minimum atomic E-state index is -0.805. The number of hydrogen-bond acceptors (Lipinski definition) is 6. The summed E-state index contributed by atoms with van der Waals surface area (Å²) in [4.78, 5) is 13.6. The molecule has 2 atom stereocenters. The van der Waals surface area contributed by atoms with E-state index in [2.05, 4.69) is 15.9 Å². The van der Waals surface area contributed by atoms with Crippen LogP contribution in [0.3, 0.4) is 0 Å². The first-order chi connectivity index (χ1) is 13.5. The number of allylic oxidation sites excluding steroid dienone is 1. The second-order valence-corrected chi connectivity index (χ2v) is 6.70. The highest BCUT2D eigenvalue weighted by Crippen LogP contribution is 2.29. The van der Waals surface area contributed by atoms with E-state index in [-0.39, 0.29) is 18.1 Å². The van der Waals surface area contributed by atoms with Crippen LogP contribution in [-0.2, 0) is 11.3 Å². The number of rotatable bonds is 4. The number of halogens is 2. The number of hydrazine groups is 1. The lowest BCUT2D eigenvalue weighted by Gasteiger charge is -2.38. The van der Waals surface area contributed by atoms with Gasteiger partial charge < -0.3 is 19.7 Å². The first-order valence-corrected chi connectivity index (χ1v) is 8.75. The molecular formula is C19H19F2N5O2. The summed E-state index contributed by atoms with van der Waals surface area (Å²) >= 11 is 0. The van der Waals surface area contributed by atoms with Crippen molar-refractivity contribution in [2.24, 2.45) is 0 Å². The van der Waals surface area contributed by atoms with Crippen LogP contribution in [0, 0.1) is 5.82 Å². The van der Waals surface area contributed by atoms with Gasteiger partial charge in [0.25, 0.3) is 5.91 Å². The fourth-order valence-corrected chi connectivity index (χ4v) is 3.36. The molecule has 9 heteroatoms. The van der Waals surface area contributed by atoms with Crippen LogP contribution in [0.2, 0.25) is 0 Å². The van der Waals surface area contributed by atoms with Gasteiger partial charge >= 0.3 is 0 Å². The van der Waals surface area contributed by atoms with Gasteiger partial charge in [0.15, 0.2) is 0 Å². The smallest absolute Gasteiger partial charge is 0.283 e. The van der Waals surface area contributed by atoms with Crippen molar-refractivity contribution in [3.8, 4) is 0 Å². The molecule has 1 amide bonds. The predicted molar refractivity (Wildman–Crippen MR) is 96.8 cm³/mol. The number of amides is 1. The van der Waals surface area contributed by atoms with Crippen molar-refractivity contribution in [3.05, 3.63) is 71.3 Å². The number of nitrogens with zero attached hydrogens (tertiary/aromatic N) is 3. The van der Waals surface area contributed by atoms with Gasteiger partial charge in [-0.05, 0) is 19.1 Å². The average molecular weight is 387 g/mol. The van der Waals surface area contributed by atoms with E-state index in [4.69, 9.17) is 4.52 Å². The first-order valence-electron chi connectivity index (χ1n) is 8.75. The van der Waals surface area contributed by atoms with Crippen molar-refractivity contribution in [3.63, 3.8) is 0 Å². The lowest BCUT2D eigenvalue weighted by molar-refractivity contribution is -0.122. The molecule has 2 N–H and O–H groups in total. The third-order valence-corrected chi connectivity index (χ3v) is 5.00. The molecule has 0 radical (unpaired) electrons. The monoisotopic (exact) mass is 387 g/mol. The third-order valence-electron chi connectivity index (χ3n) is 5.00. The molecule has 7 nitrogen and oxygen atoms in total. The number of carbonyl (C=O) groups excluding carboxylic acids is 1. The summed E-state index contributed by atoms with van der Waals surface area (Å²) in [5, 5.41) is 8.36. The molecule has 3 heterocycles. The van der Waals surface area contributed by atoms with Crippen molar-refractivity contribution >= 4 is 11.6 Å². The minimum Gasteiger partial charge on any atom is -0.364 e. The molecule has 0 fully saturated rings. The lowest BCUT2D eigenvalue weighted by atomic mass is 10.1. The largest absolute Gasteiger partial charge is 0.364 e. The van der Waals surface area contributed by atoms with Crippen LogP contribution in [0.25, 0.3) is 5.70 Å². The Kier molecular flexibility index (Phi) is 4.60. The maximum Gasteiger partial charge on any atom is 0.283 e. The molecule has 0 spiro atoms. The standard InChI is InChI=1S/C19H19F2N5O2/c1-11-17(21)19(27)22-18(25(11)2)15-9-16(14-7-8-28-24-14)26(23-15)10-12-5-3-4-6-13(12)20/h3-9,15,18,23H,10H2,1-2H3,(H,22,27). The topological polar surface area (TPSA) is 73.6 Å². The van der Waals surface area contributed by atoms with E-state index in [0.29, 0.717) is 17.0 Å². The van der Waals surface area contributed by atoms with Crippen LogP contribution in [0.4, 0.5) is 8.78 Å². The molecule has 1 aromatic carbocycles. The van der Waals surface area contributed by atoms with Crippen molar-refractivity contribution in [1.82, 2.24) is 25.8 Å². The van der Waals surface area contributed by atoms with E-state index < -0.39 is 23.9 Å². The van der Waals surface area contributed by atoms with Gasteiger partial charge in [-0.15, -0.1) is 0 Å². The summed E-state index contributed by atoms with van der Waals surface area (Å²) in [5.41, 5.74) is 5.24. The second-order valence-electron chi connectivity index (χ2n) is 6.70. The normalized spacial score (nSPS) is 22.6. The summed E-state index contributed by atoms with van der Waals surface area (Å²) in [7, 11) is 1.70. The Balaban J connectivity index is 1.64. The number of benzene rings is 1. The number of aromatic nitrogens is 1. The van der Waals surface area contributed by atoms with Crippen LogP contribution >= 0.6 is 0 Å². The van der Waals surface area contributed by atoms with E-state index >= 15 is 0 Å². The summed E-state index contributed by atoms with van der Waals surface area (Å²) < 4.78 is 33.0. The molecule has 2 aliphatic heterocycles. The van der Waals surface area contributed by atoms with E-state index in [0.717, 1.165) is 0 Å². The molecule has 1 aromatic heterocycles. The number of nitrogens with one attached hydrogen (secondary N) is 2. The molecule has 0 bridgehead atoms. The Bertz CT molecular complexity index is 957. The molecule has 2 aromatic rings. The van der Waals surface area contributed by atoms with Gasteiger partial charge in [0.05, 0.1) is 24.0 Å². The molecule has 28 heavy (non-hydrogen) atoms. The van der Waals surface area contributed by atoms with E-state index in [1.165, 1.54) is 12.3 Å². The quantitative estimate of drug-likeness (QED) is 0.838. The second kappa shape index (κ2) is 7.08. The Morgan fingerprint density at radius 2 is 2.04 bits per heavy atom. The van der Waals surface area contributed by atoms with Gasteiger partial charge in [-0.1, -0.05) is 23.4 Å². The van der Waals surface area contributed by atoms with Crippen LogP contribution < -0.4 is 10.7 Å². The number of carbonyl (C=O) groups is 1. The highest BCUT2D eigenvalue weighted by atomic mass is 19.1. The average Bonchev–Trinajstić information content (AvgIpc) is 3.34. The molecule has 2 aliphatic rings. The molecule has 0 aliphatic carbocycles. The molecule has 4 rings (SSSR count). The van der Waals surface area contributed by atoms with E-state index in [9.17, 15) is 13.6 Å². The Morgan fingerprint density at radius 3 is 2.75 bits per heavy atom. The maximum atomic E-state index is 14.2. The summed E-state index contributed by atoms with van der Waals surface area (Å²) in [6, 6.07) is 7.78. The zero-order valence-electron chi connectivity index (χ0n) is 15.3. The van der Waals surface area contributed by atoms with Gasteiger partial charge in [-0.3, -0.25) is 4.79 Å². The maximum absolute atomic E-state index is 14.2. The first kappa shape index (κ1) is 18.2. The molecule has 146 valence electrons. The van der Waals surface area contributed by atoms with Crippen molar-refractivity contribution in [2.45, 2.75) is 25.7 Å². The van der Waals surface area contributed by atoms with Gasteiger partial charge in [-0.2, -0.15) is 4.39 Å². The molecule has 2 unspecified atom stereocenters. The van der Waals surface area contributed by atoms with Gasteiger partial charge in [0.2, 0.25) is 5.83 Å². The fourth-order valence-electron chi connectivity index (χ4n) is 3.36. The van der Waals surface area contributed by atoms with Crippen LogP contribution in [0.1, 0.15) is 18.2 Å². The van der Waals surface area contributed by atoms with Crippen molar-refractivity contribution in [2.75, 3.05) is 7.05 Å². The molecule has 0 saturated carbocycles. The summed E-state index contributed by atoms with van der Waals surface area (Å²) in [6.07, 6.45) is 2.78. The number of likely N-dealkylation sites (N-methyl/N-ethyl adjacent to an activating group) is 1. The van der Waals surface area contributed by atoms with Crippen LogP contribution in [0.15, 0.2) is 58.7 Å². The summed E-state index contributed by atoms with van der Waals surface area (Å²) in [6.45, 7) is 1.78.